The lowest BCUT2D eigenvalue weighted by Crippen LogP contribution is -2.15. The fourth-order valence-corrected chi connectivity index (χ4v) is 2.18. The van der Waals surface area contributed by atoms with Gasteiger partial charge >= 0.3 is 0 Å². The number of ether oxygens (including phenoxy) is 2. The van der Waals surface area contributed by atoms with Gasteiger partial charge in [0.2, 0.25) is 0 Å². The van der Waals surface area contributed by atoms with E-state index >= 15 is 0 Å². The second-order valence-corrected chi connectivity index (χ2v) is 4.73. The van der Waals surface area contributed by atoms with E-state index in [-0.39, 0.29) is 5.92 Å². The fourth-order valence-electron chi connectivity index (χ4n) is 2.18. The summed E-state index contributed by atoms with van der Waals surface area (Å²) in [7, 11) is 0. The molecule has 0 bridgehead atoms. The molecule has 96 valence electrons. The van der Waals surface area contributed by atoms with Gasteiger partial charge in [0.05, 0.1) is 11.6 Å². The number of nitriles is 1. The molecule has 1 aromatic heterocycles. The summed E-state index contributed by atoms with van der Waals surface area (Å²) in [6, 6.07) is 10.1. The molecule has 0 spiro atoms. The van der Waals surface area contributed by atoms with E-state index in [1.807, 2.05) is 31.2 Å². The van der Waals surface area contributed by atoms with Crippen LogP contribution in [-0.2, 0) is 6.42 Å². The zero-order valence-corrected chi connectivity index (χ0v) is 10.7. The summed E-state index contributed by atoms with van der Waals surface area (Å²) in [5.74, 6) is 1.50. The third-order valence-electron chi connectivity index (χ3n) is 3.15. The van der Waals surface area contributed by atoms with E-state index in [0.717, 1.165) is 28.1 Å². The Morgan fingerprint density at radius 3 is 2.74 bits per heavy atom. The van der Waals surface area contributed by atoms with Gasteiger partial charge in [-0.15, -0.1) is 0 Å². The second kappa shape index (κ2) is 4.77. The van der Waals surface area contributed by atoms with Crippen molar-refractivity contribution >= 4 is 10.9 Å². The van der Waals surface area contributed by atoms with Crippen molar-refractivity contribution in [1.82, 2.24) is 4.98 Å². The summed E-state index contributed by atoms with van der Waals surface area (Å²) in [5, 5.41) is 9.88. The first-order valence-electron chi connectivity index (χ1n) is 6.35. The number of hydrogen-bond donors (Lipinski definition) is 0. The standard InChI is InChI=1S/C15H14N2O2/c1-10(9-16)6-12-3-2-11-7-14-15(8-13(11)17-12)19-5-4-18-14/h2-3,7-8,10H,4-6H2,1H3. The summed E-state index contributed by atoms with van der Waals surface area (Å²) in [6.45, 7) is 3.06. The molecule has 2 aromatic rings. The molecule has 4 nitrogen and oxygen atoms in total. The topological polar surface area (TPSA) is 55.1 Å². The molecular weight excluding hydrogens is 240 g/mol. The Morgan fingerprint density at radius 2 is 2.00 bits per heavy atom. The van der Waals surface area contributed by atoms with E-state index in [1.54, 1.807) is 0 Å². The molecule has 0 amide bonds. The zero-order chi connectivity index (χ0) is 13.2. The van der Waals surface area contributed by atoms with Crippen molar-refractivity contribution in [2.24, 2.45) is 5.92 Å². The average Bonchev–Trinajstić information content (AvgIpc) is 2.45. The SMILES string of the molecule is CC(C#N)Cc1ccc2cc3c(cc2n1)OCCO3. The van der Waals surface area contributed by atoms with Gasteiger partial charge in [0, 0.05) is 29.5 Å². The lowest BCUT2D eigenvalue weighted by Gasteiger charge is -2.18. The number of fused-ring (bicyclic) bond motifs is 2. The monoisotopic (exact) mass is 254 g/mol. The molecule has 1 atom stereocenters. The maximum Gasteiger partial charge on any atom is 0.163 e. The van der Waals surface area contributed by atoms with E-state index < -0.39 is 0 Å². The predicted molar refractivity (Wildman–Crippen MR) is 71.2 cm³/mol. The molecule has 0 fully saturated rings. The van der Waals surface area contributed by atoms with Gasteiger partial charge in [-0.2, -0.15) is 5.26 Å². The Bertz CT molecular complexity index is 661. The maximum absolute atomic E-state index is 8.85. The van der Waals surface area contributed by atoms with Crippen LogP contribution in [0.25, 0.3) is 10.9 Å². The van der Waals surface area contributed by atoms with Crippen molar-refractivity contribution in [3.8, 4) is 17.6 Å². The molecule has 1 unspecified atom stereocenters. The average molecular weight is 254 g/mol. The molecule has 0 radical (unpaired) electrons. The van der Waals surface area contributed by atoms with Gasteiger partial charge in [-0.3, -0.25) is 4.98 Å². The number of rotatable bonds is 2. The van der Waals surface area contributed by atoms with Gasteiger partial charge in [0.25, 0.3) is 0 Å². The van der Waals surface area contributed by atoms with Crippen LogP contribution in [-0.4, -0.2) is 18.2 Å². The Labute approximate surface area is 111 Å². The van der Waals surface area contributed by atoms with Crippen LogP contribution >= 0.6 is 0 Å². The normalized spacial score (nSPS) is 14.9. The van der Waals surface area contributed by atoms with Crippen molar-refractivity contribution in [3.05, 3.63) is 30.0 Å². The first-order chi connectivity index (χ1) is 9.26. The van der Waals surface area contributed by atoms with E-state index in [2.05, 4.69) is 11.1 Å². The predicted octanol–water partition coefficient (Wildman–Crippen LogP) is 2.71. The molecule has 3 rings (SSSR count). The Kier molecular flexibility index (Phi) is 2.96. The highest BCUT2D eigenvalue weighted by Gasteiger charge is 2.13. The van der Waals surface area contributed by atoms with Gasteiger partial charge in [-0.1, -0.05) is 6.07 Å². The third-order valence-corrected chi connectivity index (χ3v) is 3.15. The van der Waals surface area contributed by atoms with Crippen molar-refractivity contribution in [3.63, 3.8) is 0 Å². The second-order valence-electron chi connectivity index (χ2n) is 4.73. The summed E-state index contributed by atoms with van der Waals surface area (Å²) in [6.07, 6.45) is 0.668. The minimum Gasteiger partial charge on any atom is -0.486 e. The van der Waals surface area contributed by atoms with Gasteiger partial charge < -0.3 is 9.47 Å². The Balaban J connectivity index is 2.01. The van der Waals surface area contributed by atoms with Crippen molar-refractivity contribution in [2.75, 3.05) is 13.2 Å². The van der Waals surface area contributed by atoms with Crippen molar-refractivity contribution in [1.29, 1.82) is 5.26 Å². The fraction of sp³-hybridized carbons (Fsp3) is 0.333. The van der Waals surface area contributed by atoms with Gasteiger partial charge in [-0.25, -0.2) is 0 Å². The highest BCUT2D eigenvalue weighted by molar-refractivity contribution is 5.82. The van der Waals surface area contributed by atoms with Crippen LogP contribution in [0.2, 0.25) is 0 Å². The molecule has 0 saturated heterocycles. The van der Waals surface area contributed by atoms with Gasteiger partial charge in [0.1, 0.15) is 13.2 Å². The zero-order valence-electron chi connectivity index (χ0n) is 10.7. The lowest BCUT2D eigenvalue weighted by atomic mass is 10.1. The number of aromatic nitrogens is 1. The van der Waals surface area contributed by atoms with Gasteiger partial charge in [-0.05, 0) is 19.1 Å². The quantitative estimate of drug-likeness (QED) is 0.826. The smallest absolute Gasteiger partial charge is 0.163 e. The van der Waals surface area contributed by atoms with Crippen LogP contribution in [0.3, 0.4) is 0 Å². The van der Waals surface area contributed by atoms with Crippen LogP contribution in [0.1, 0.15) is 12.6 Å². The first-order valence-corrected chi connectivity index (χ1v) is 6.35. The molecule has 0 N–H and O–H groups in total. The largest absolute Gasteiger partial charge is 0.486 e. The van der Waals surface area contributed by atoms with Crippen molar-refractivity contribution in [2.45, 2.75) is 13.3 Å². The maximum atomic E-state index is 8.85. The molecule has 0 aliphatic carbocycles. The number of hydrogen-bond acceptors (Lipinski definition) is 4. The molecule has 1 aromatic carbocycles. The number of pyridine rings is 1. The molecule has 1 aliphatic heterocycles. The van der Waals surface area contributed by atoms with E-state index in [0.29, 0.717) is 19.6 Å². The lowest BCUT2D eigenvalue weighted by molar-refractivity contribution is 0.172. The molecule has 19 heavy (non-hydrogen) atoms. The molecule has 4 heteroatoms. The minimum atomic E-state index is -0.0258. The number of benzene rings is 1. The Hall–Kier alpha value is -2.28. The highest BCUT2D eigenvalue weighted by atomic mass is 16.6. The van der Waals surface area contributed by atoms with E-state index in [9.17, 15) is 0 Å². The highest BCUT2D eigenvalue weighted by Crippen LogP contribution is 2.33. The van der Waals surface area contributed by atoms with Crippen LogP contribution < -0.4 is 9.47 Å². The summed E-state index contributed by atoms with van der Waals surface area (Å²) in [5.41, 5.74) is 1.81. The molecule has 2 heterocycles. The molecular formula is C15H14N2O2. The van der Waals surface area contributed by atoms with Crippen molar-refractivity contribution < 1.29 is 9.47 Å². The van der Waals surface area contributed by atoms with Crippen LogP contribution in [0, 0.1) is 17.2 Å². The van der Waals surface area contributed by atoms with E-state index in [4.69, 9.17) is 14.7 Å². The summed E-state index contributed by atoms with van der Waals surface area (Å²) < 4.78 is 11.1. The summed E-state index contributed by atoms with van der Waals surface area (Å²) in [4.78, 5) is 4.58. The van der Waals surface area contributed by atoms with E-state index in [1.165, 1.54) is 0 Å². The number of nitrogens with zero attached hydrogens (tertiary/aromatic N) is 2. The van der Waals surface area contributed by atoms with Crippen LogP contribution in [0.5, 0.6) is 11.5 Å². The molecule has 1 aliphatic rings. The van der Waals surface area contributed by atoms with Gasteiger partial charge in [0.15, 0.2) is 11.5 Å². The third kappa shape index (κ3) is 2.32. The summed E-state index contributed by atoms with van der Waals surface area (Å²) >= 11 is 0. The molecule has 0 saturated carbocycles. The van der Waals surface area contributed by atoms with Crippen LogP contribution in [0.15, 0.2) is 24.3 Å². The first kappa shape index (κ1) is 11.8. The van der Waals surface area contributed by atoms with Crippen LogP contribution in [0.4, 0.5) is 0 Å². The Morgan fingerprint density at radius 1 is 1.26 bits per heavy atom. The minimum absolute atomic E-state index is 0.0258.